The number of thiazole rings is 1. The van der Waals surface area contributed by atoms with Crippen LogP contribution in [0.3, 0.4) is 0 Å². The van der Waals surface area contributed by atoms with Crippen molar-refractivity contribution in [3.63, 3.8) is 0 Å². The van der Waals surface area contributed by atoms with Crippen molar-refractivity contribution in [3.8, 4) is 10.4 Å². The van der Waals surface area contributed by atoms with Crippen molar-refractivity contribution >= 4 is 34.0 Å². The molecule has 0 bridgehead atoms. The summed E-state index contributed by atoms with van der Waals surface area (Å²) < 4.78 is 0. The van der Waals surface area contributed by atoms with Gasteiger partial charge in [0.1, 0.15) is 5.82 Å². The Labute approximate surface area is 150 Å². The molecule has 25 heavy (non-hydrogen) atoms. The van der Waals surface area contributed by atoms with Crippen LogP contribution in [0.1, 0.15) is 0 Å². The summed E-state index contributed by atoms with van der Waals surface area (Å²) in [7, 11) is 2.07. The summed E-state index contributed by atoms with van der Waals surface area (Å²) in [5, 5.41) is 5.02. The SMILES string of the molecule is CN1CCN(C(=O)Nc2cc3cc(-c4cncs4)ccc3cn2)CC1. The number of rotatable bonds is 2. The van der Waals surface area contributed by atoms with Crippen molar-refractivity contribution in [3.05, 3.63) is 42.2 Å². The highest BCUT2D eigenvalue weighted by molar-refractivity contribution is 7.13. The largest absolute Gasteiger partial charge is 0.323 e. The van der Waals surface area contributed by atoms with Gasteiger partial charge in [0.15, 0.2) is 0 Å². The average molecular weight is 353 g/mol. The molecule has 6 nitrogen and oxygen atoms in total. The first-order valence-electron chi connectivity index (χ1n) is 8.22. The number of nitrogens with one attached hydrogen (secondary N) is 1. The maximum atomic E-state index is 12.4. The van der Waals surface area contributed by atoms with Crippen LogP contribution in [-0.4, -0.2) is 59.0 Å². The van der Waals surface area contributed by atoms with Crippen LogP contribution in [0.15, 0.2) is 42.2 Å². The van der Waals surface area contributed by atoms with Gasteiger partial charge in [-0.2, -0.15) is 0 Å². The van der Waals surface area contributed by atoms with Crippen LogP contribution in [-0.2, 0) is 0 Å². The van der Waals surface area contributed by atoms with Crippen LogP contribution in [0, 0.1) is 0 Å². The lowest BCUT2D eigenvalue weighted by Crippen LogP contribution is -2.48. The van der Waals surface area contributed by atoms with Crippen LogP contribution in [0.5, 0.6) is 0 Å². The molecule has 0 unspecified atom stereocenters. The third-order valence-electron chi connectivity index (χ3n) is 4.46. The van der Waals surface area contributed by atoms with E-state index in [1.807, 2.05) is 28.7 Å². The molecule has 4 rings (SSSR count). The highest BCUT2D eigenvalue weighted by Gasteiger charge is 2.19. The maximum absolute atomic E-state index is 12.4. The van der Waals surface area contributed by atoms with Gasteiger partial charge < -0.3 is 9.80 Å². The number of likely N-dealkylation sites (N-methyl/N-ethyl adjacent to an activating group) is 1. The molecule has 1 saturated heterocycles. The quantitative estimate of drug-likeness (QED) is 0.769. The second-order valence-electron chi connectivity index (χ2n) is 6.22. The van der Waals surface area contributed by atoms with Crippen molar-refractivity contribution in [1.29, 1.82) is 0 Å². The highest BCUT2D eigenvalue weighted by atomic mass is 32.1. The first-order chi connectivity index (χ1) is 12.2. The molecule has 7 heteroatoms. The first kappa shape index (κ1) is 16.0. The van der Waals surface area contributed by atoms with E-state index in [4.69, 9.17) is 0 Å². The van der Waals surface area contributed by atoms with E-state index >= 15 is 0 Å². The summed E-state index contributed by atoms with van der Waals surface area (Å²) in [6.07, 6.45) is 3.66. The Morgan fingerprint density at radius 2 is 1.96 bits per heavy atom. The molecule has 1 aliphatic heterocycles. The second-order valence-corrected chi connectivity index (χ2v) is 7.10. The first-order valence-corrected chi connectivity index (χ1v) is 9.10. The van der Waals surface area contributed by atoms with Crippen LogP contribution in [0.4, 0.5) is 10.6 Å². The van der Waals surface area contributed by atoms with Gasteiger partial charge >= 0.3 is 6.03 Å². The highest BCUT2D eigenvalue weighted by Crippen LogP contribution is 2.27. The van der Waals surface area contributed by atoms with E-state index in [0.29, 0.717) is 5.82 Å². The summed E-state index contributed by atoms with van der Waals surface area (Å²) in [5.41, 5.74) is 2.95. The minimum absolute atomic E-state index is 0.0847. The smallest absolute Gasteiger partial charge is 0.322 e. The van der Waals surface area contributed by atoms with Gasteiger partial charge in [-0.1, -0.05) is 12.1 Å². The van der Waals surface area contributed by atoms with E-state index in [0.717, 1.165) is 47.4 Å². The third kappa shape index (κ3) is 3.47. The number of pyridine rings is 1. The molecule has 3 heterocycles. The minimum atomic E-state index is -0.0847. The van der Waals surface area contributed by atoms with E-state index in [-0.39, 0.29) is 6.03 Å². The van der Waals surface area contributed by atoms with Gasteiger partial charge in [0.25, 0.3) is 0 Å². The van der Waals surface area contributed by atoms with Crippen LogP contribution >= 0.6 is 11.3 Å². The molecule has 1 aromatic carbocycles. The lowest BCUT2D eigenvalue weighted by molar-refractivity contribution is 0.164. The molecular weight excluding hydrogens is 334 g/mol. The lowest BCUT2D eigenvalue weighted by Gasteiger charge is -2.32. The number of hydrogen-bond donors (Lipinski definition) is 1. The summed E-state index contributed by atoms with van der Waals surface area (Å²) in [6, 6.07) is 8.06. The van der Waals surface area contributed by atoms with E-state index in [9.17, 15) is 4.79 Å². The predicted octanol–water partition coefficient (Wildman–Crippen LogP) is 3.14. The molecule has 1 aliphatic rings. The molecular formula is C18H19N5OS. The lowest BCUT2D eigenvalue weighted by atomic mass is 10.1. The Morgan fingerprint density at radius 1 is 1.12 bits per heavy atom. The monoisotopic (exact) mass is 353 g/mol. The van der Waals surface area contributed by atoms with Crippen molar-refractivity contribution in [1.82, 2.24) is 19.8 Å². The summed E-state index contributed by atoms with van der Waals surface area (Å²) in [6.45, 7) is 3.28. The molecule has 0 aliphatic carbocycles. The number of aromatic nitrogens is 2. The number of anilines is 1. The fourth-order valence-corrected chi connectivity index (χ4v) is 3.54. The standard InChI is InChI=1S/C18H19N5OS/c1-22-4-6-23(7-5-22)18(24)21-17-9-15-8-13(16-11-19-12-25-16)2-3-14(15)10-20-17/h2-3,8-12H,4-7H2,1H3,(H,20,21,24). The second kappa shape index (κ2) is 6.78. The zero-order valence-electron chi connectivity index (χ0n) is 14.0. The topological polar surface area (TPSA) is 61.4 Å². The van der Waals surface area contributed by atoms with Crippen molar-refractivity contribution in [2.75, 3.05) is 38.5 Å². The Bertz CT molecular complexity index is 888. The zero-order valence-corrected chi connectivity index (χ0v) is 14.8. The number of benzene rings is 1. The van der Waals surface area contributed by atoms with Gasteiger partial charge in [-0.05, 0) is 30.1 Å². The Kier molecular flexibility index (Phi) is 4.33. The van der Waals surface area contributed by atoms with Gasteiger partial charge in [0, 0.05) is 44.0 Å². The molecule has 128 valence electrons. The number of fused-ring (bicyclic) bond motifs is 1. The summed E-state index contributed by atoms with van der Waals surface area (Å²) in [5.74, 6) is 0.581. The molecule has 2 aromatic heterocycles. The van der Waals surface area contributed by atoms with Gasteiger partial charge in [-0.3, -0.25) is 10.3 Å². The Hall–Kier alpha value is -2.51. The van der Waals surface area contributed by atoms with Gasteiger partial charge in [0.05, 0.1) is 10.4 Å². The third-order valence-corrected chi connectivity index (χ3v) is 5.29. The van der Waals surface area contributed by atoms with Gasteiger partial charge in [-0.15, -0.1) is 11.3 Å². The van der Waals surface area contributed by atoms with Crippen molar-refractivity contribution < 1.29 is 4.79 Å². The Morgan fingerprint density at radius 3 is 2.72 bits per heavy atom. The number of carbonyl (C=O) groups is 1. The Balaban J connectivity index is 1.54. The summed E-state index contributed by atoms with van der Waals surface area (Å²) in [4.78, 5) is 26.1. The fourth-order valence-electron chi connectivity index (χ4n) is 2.92. The normalized spacial score (nSPS) is 15.5. The molecule has 2 amide bonds. The van der Waals surface area contributed by atoms with E-state index < -0.39 is 0 Å². The van der Waals surface area contributed by atoms with Gasteiger partial charge in [0.2, 0.25) is 0 Å². The number of piperazine rings is 1. The number of hydrogen-bond acceptors (Lipinski definition) is 5. The minimum Gasteiger partial charge on any atom is -0.322 e. The fraction of sp³-hybridized carbons (Fsp3) is 0.278. The zero-order chi connectivity index (χ0) is 17.2. The van der Waals surface area contributed by atoms with E-state index in [1.54, 1.807) is 17.5 Å². The van der Waals surface area contributed by atoms with Crippen molar-refractivity contribution in [2.45, 2.75) is 0 Å². The number of amides is 2. The summed E-state index contributed by atoms with van der Waals surface area (Å²) >= 11 is 1.61. The van der Waals surface area contributed by atoms with Crippen molar-refractivity contribution in [2.24, 2.45) is 0 Å². The van der Waals surface area contributed by atoms with Crippen LogP contribution < -0.4 is 5.32 Å². The molecule has 3 aromatic rings. The maximum Gasteiger partial charge on any atom is 0.323 e. The van der Waals surface area contributed by atoms with Crippen LogP contribution in [0.25, 0.3) is 21.2 Å². The number of carbonyl (C=O) groups excluding carboxylic acids is 1. The average Bonchev–Trinajstić information content (AvgIpc) is 3.16. The molecule has 0 saturated carbocycles. The van der Waals surface area contributed by atoms with E-state index in [2.05, 4.69) is 39.4 Å². The predicted molar refractivity (Wildman–Crippen MR) is 101 cm³/mol. The van der Waals surface area contributed by atoms with Crippen LogP contribution in [0.2, 0.25) is 0 Å². The number of urea groups is 1. The molecule has 0 radical (unpaired) electrons. The van der Waals surface area contributed by atoms with Gasteiger partial charge in [-0.25, -0.2) is 9.78 Å². The molecule has 0 atom stereocenters. The number of nitrogens with zero attached hydrogens (tertiary/aromatic N) is 4. The molecule has 0 spiro atoms. The molecule has 1 N–H and O–H groups in total. The van der Waals surface area contributed by atoms with E-state index in [1.165, 1.54) is 0 Å². The molecule has 1 fully saturated rings.